The lowest BCUT2D eigenvalue weighted by atomic mass is 9.99. The summed E-state index contributed by atoms with van der Waals surface area (Å²) >= 11 is 0. The number of benzene rings is 3. The van der Waals surface area contributed by atoms with Crippen LogP contribution in [0.3, 0.4) is 0 Å². The molecule has 3 nitrogen and oxygen atoms in total. The average Bonchev–Trinajstić information content (AvgIpc) is 2.82. The molecule has 3 rings (SSSR count). The monoisotopic (exact) mass is 426 g/mol. The summed E-state index contributed by atoms with van der Waals surface area (Å²) < 4.78 is 5.82. The first-order valence-electron chi connectivity index (χ1n) is 11.2. The van der Waals surface area contributed by atoms with Crippen molar-refractivity contribution < 1.29 is 14.6 Å². The van der Waals surface area contributed by atoms with Gasteiger partial charge in [0.15, 0.2) is 0 Å². The maximum absolute atomic E-state index is 12.8. The van der Waals surface area contributed by atoms with Crippen LogP contribution in [-0.4, -0.2) is 11.1 Å². The van der Waals surface area contributed by atoms with Gasteiger partial charge in [-0.05, 0) is 42.2 Å². The van der Waals surface area contributed by atoms with Gasteiger partial charge in [-0.3, -0.25) is 0 Å². The predicted octanol–water partition coefficient (Wildman–Crippen LogP) is 7.43. The third-order valence-electron chi connectivity index (χ3n) is 5.24. The number of hydrogen-bond donors (Lipinski definition) is 1. The lowest BCUT2D eigenvalue weighted by molar-refractivity contribution is 0.0689. The van der Waals surface area contributed by atoms with E-state index in [9.17, 15) is 9.90 Å². The van der Waals surface area contributed by atoms with Crippen LogP contribution in [0.5, 0.6) is 5.75 Å². The van der Waals surface area contributed by atoms with Gasteiger partial charge in [-0.1, -0.05) is 105 Å². The molecule has 0 aromatic heterocycles. The molecule has 0 aliphatic heterocycles. The van der Waals surface area contributed by atoms with Crippen LogP contribution in [0.4, 0.5) is 0 Å². The highest BCUT2D eigenvalue weighted by molar-refractivity contribution is 5.95. The lowest BCUT2D eigenvalue weighted by Gasteiger charge is -2.14. The minimum atomic E-state index is -0.580. The van der Waals surface area contributed by atoms with Crippen molar-refractivity contribution in [3.63, 3.8) is 0 Å². The number of carbonyl (C=O) groups excluding carboxylic acids is 1. The molecule has 3 heteroatoms. The fourth-order valence-electron chi connectivity index (χ4n) is 3.51. The quantitative estimate of drug-likeness (QED) is 0.159. The highest BCUT2D eigenvalue weighted by Gasteiger charge is 2.17. The van der Waals surface area contributed by atoms with Gasteiger partial charge in [-0.25, -0.2) is 4.79 Å². The molecule has 0 amide bonds. The number of para-hydroxylation sites is 1. The highest BCUT2D eigenvalue weighted by Crippen LogP contribution is 2.26. The lowest BCUT2D eigenvalue weighted by Crippen LogP contribution is -2.06. The molecule has 0 unspecified atom stereocenters. The van der Waals surface area contributed by atoms with Gasteiger partial charge >= 0.3 is 5.97 Å². The second-order valence-electron chi connectivity index (χ2n) is 7.68. The Balaban J connectivity index is 1.90. The number of esters is 1. The van der Waals surface area contributed by atoms with Gasteiger partial charge in [0.1, 0.15) is 17.1 Å². The number of aromatic hydroxyl groups is 1. The van der Waals surface area contributed by atoms with Crippen LogP contribution in [0, 0.1) is 0 Å². The molecule has 0 fully saturated rings. The zero-order chi connectivity index (χ0) is 22.6. The summed E-state index contributed by atoms with van der Waals surface area (Å²) in [5.74, 6) is -0.204. The minimum Gasteiger partial charge on any atom is -0.507 e. The van der Waals surface area contributed by atoms with Gasteiger partial charge < -0.3 is 9.84 Å². The second-order valence-corrected chi connectivity index (χ2v) is 7.68. The SMILES string of the molecule is CCCCCCc1ccccc1C(=CC=Cc1ccccc1)OC(=O)c1ccccc1O. The number of rotatable bonds is 10. The van der Waals surface area contributed by atoms with Gasteiger partial charge in [-0.2, -0.15) is 0 Å². The second kappa shape index (κ2) is 12.3. The summed E-state index contributed by atoms with van der Waals surface area (Å²) in [6.45, 7) is 2.20. The van der Waals surface area contributed by atoms with Crippen LogP contribution in [0.25, 0.3) is 11.8 Å². The van der Waals surface area contributed by atoms with E-state index in [4.69, 9.17) is 4.74 Å². The molecule has 0 radical (unpaired) electrons. The van der Waals surface area contributed by atoms with Crippen LogP contribution < -0.4 is 0 Å². The number of carbonyl (C=O) groups is 1. The number of allylic oxidation sites excluding steroid dienone is 2. The number of hydrogen-bond acceptors (Lipinski definition) is 3. The molecule has 1 N–H and O–H groups in total. The first-order chi connectivity index (χ1) is 15.7. The van der Waals surface area contributed by atoms with E-state index >= 15 is 0 Å². The van der Waals surface area contributed by atoms with E-state index < -0.39 is 5.97 Å². The Labute approximate surface area is 190 Å². The molecular weight excluding hydrogens is 396 g/mol. The van der Waals surface area contributed by atoms with Crippen molar-refractivity contribution in [1.82, 2.24) is 0 Å². The molecule has 3 aromatic rings. The van der Waals surface area contributed by atoms with E-state index in [1.54, 1.807) is 18.2 Å². The van der Waals surface area contributed by atoms with Crippen molar-refractivity contribution >= 4 is 17.8 Å². The molecule has 0 aliphatic carbocycles. The standard InChI is InChI=1S/C29H30O3/c1-2-3-4-8-17-24-18-9-10-19-25(24)28(22-13-16-23-14-6-5-7-15-23)32-29(31)26-20-11-12-21-27(26)30/h5-7,9-16,18-22,30H,2-4,8,17H2,1H3. The Morgan fingerprint density at radius 3 is 2.28 bits per heavy atom. The molecule has 0 bridgehead atoms. The van der Waals surface area contributed by atoms with E-state index in [1.165, 1.54) is 25.3 Å². The Kier molecular flexibility index (Phi) is 8.88. The summed E-state index contributed by atoms with van der Waals surface area (Å²) in [6, 6.07) is 24.4. The third kappa shape index (κ3) is 6.71. The van der Waals surface area contributed by atoms with Gasteiger partial charge in [0, 0.05) is 5.56 Å². The Bertz CT molecular complexity index is 1060. The van der Waals surface area contributed by atoms with Crippen molar-refractivity contribution in [2.24, 2.45) is 0 Å². The molecule has 164 valence electrons. The Morgan fingerprint density at radius 2 is 1.53 bits per heavy atom. The number of phenols is 1. The van der Waals surface area contributed by atoms with Gasteiger partial charge in [0.25, 0.3) is 0 Å². The largest absolute Gasteiger partial charge is 0.507 e. The molecular formula is C29H30O3. The Hall–Kier alpha value is -3.59. The molecule has 0 spiro atoms. The molecule has 0 aliphatic rings. The number of ether oxygens (including phenoxy) is 1. The smallest absolute Gasteiger partial charge is 0.347 e. The minimum absolute atomic E-state index is 0.0930. The molecule has 0 saturated heterocycles. The number of unbranched alkanes of at least 4 members (excludes halogenated alkanes) is 3. The third-order valence-corrected chi connectivity index (χ3v) is 5.24. The van der Waals surface area contributed by atoms with Crippen LogP contribution in [0.1, 0.15) is 59.7 Å². The van der Waals surface area contributed by atoms with Crippen molar-refractivity contribution in [3.8, 4) is 5.75 Å². The van der Waals surface area contributed by atoms with E-state index in [0.717, 1.165) is 29.5 Å². The van der Waals surface area contributed by atoms with E-state index in [0.29, 0.717) is 5.76 Å². The van der Waals surface area contributed by atoms with Gasteiger partial charge in [0.05, 0.1) is 0 Å². The summed E-state index contributed by atoms with van der Waals surface area (Å²) in [5.41, 5.74) is 3.24. The summed E-state index contributed by atoms with van der Waals surface area (Å²) in [4.78, 5) is 12.8. The van der Waals surface area contributed by atoms with Crippen LogP contribution >= 0.6 is 0 Å². The first kappa shape index (κ1) is 23.1. The number of phenolic OH excluding ortho intramolecular Hbond substituents is 1. The fraction of sp³-hybridized carbons (Fsp3) is 0.207. The molecule has 0 heterocycles. The van der Waals surface area contributed by atoms with Crippen molar-refractivity contribution in [2.75, 3.05) is 0 Å². The Morgan fingerprint density at radius 1 is 0.844 bits per heavy atom. The zero-order valence-corrected chi connectivity index (χ0v) is 18.5. The fourth-order valence-corrected chi connectivity index (χ4v) is 3.51. The van der Waals surface area contributed by atoms with Gasteiger partial charge in [-0.15, -0.1) is 0 Å². The molecule has 32 heavy (non-hydrogen) atoms. The maximum atomic E-state index is 12.8. The maximum Gasteiger partial charge on any atom is 0.347 e. The summed E-state index contributed by atoms with van der Waals surface area (Å²) in [5, 5.41) is 10.1. The molecule has 0 saturated carbocycles. The average molecular weight is 427 g/mol. The highest BCUT2D eigenvalue weighted by atomic mass is 16.5. The number of aryl methyl sites for hydroxylation is 1. The normalized spacial score (nSPS) is 11.6. The van der Waals surface area contributed by atoms with Crippen molar-refractivity contribution in [2.45, 2.75) is 39.0 Å². The topological polar surface area (TPSA) is 46.5 Å². The van der Waals surface area contributed by atoms with Crippen LogP contribution in [0.15, 0.2) is 91.0 Å². The summed E-state index contributed by atoms with van der Waals surface area (Å²) in [7, 11) is 0. The summed E-state index contributed by atoms with van der Waals surface area (Å²) in [6.07, 6.45) is 11.3. The van der Waals surface area contributed by atoms with Crippen molar-refractivity contribution in [3.05, 3.63) is 113 Å². The van der Waals surface area contributed by atoms with Crippen molar-refractivity contribution in [1.29, 1.82) is 0 Å². The van der Waals surface area contributed by atoms with E-state index in [-0.39, 0.29) is 11.3 Å². The predicted molar refractivity (Wildman–Crippen MR) is 131 cm³/mol. The first-order valence-corrected chi connectivity index (χ1v) is 11.2. The molecule has 0 atom stereocenters. The van der Waals surface area contributed by atoms with Crippen LogP contribution in [-0.2, 0) is 11.2 Å². The van der Waals surface area contributed by atoms with E-state index in [2.05, 4.69) is 13.0 Å². The van der Waals surface area contributed by atoms with Gasteiger partial charge in [0.2, 0.25) is 0 Å². The molecule has 3 aromatic carbocycles. The zero-order valence-electron chi connectivity index (χ0n) is 18.5. The van der Waals surface area contributed by atoms with Crippen LogP contribution in [0.2, 0.25) is 0 Å². The van der Waals surface area contributed by atoms with E-state index in [1.807, 2.05) is 66.8 Å².